The summed E-state index contributed by atoms with van der Waals surface area (Å²) in [6.07, 6.45) is 5.06. The average Bonchev–Trinajstić information content (AvgIpc) is 2.38. The molecule has 0 fully saturated rings. The van der Waals surface area contributed by atoms with Gasteiger partial charge < -0.3 is 15.8 Å². The van der Waals surface area contributed by atoms with Crippen LogP contribution in [0.2, 0.25) is 0 Å². The molecular weight excluding hydrogens is 228 g/mol. The maximum atomic E-state index is 11.4. The van der Waals surface area contributed by atoms with Crippen molar-refractivity contribution in [1.29, 1.82) is 0 Å². The molecule has 1 aromatic carbocycles. The zero-order chi connectivity index (χ0) is 13.4. The van der Waals surface area contributed by atoms with Gasteiger partial charge in [-0.15, -0.1) is 0 Å². The summed E-state index contributed by atoms with van der Waals surface area (Å²) in [7, 11) is 1.80. The fraction of sp³-hybridized carbons (Fsp3) is 0.357. The highest BCUT2D eigenvalue weighted by atomic mass is 16.5. The lowest BCUT2D eigenvalue weighted by Crippen LogP contribution is -2.01. The van der Waals surface area contributed by atoms with Gasteiger partial charge in [-0.1, -0.05) is 19.4 Å². The maximum absolute atomic E-state index is 11.4. The lowest BCUT2D eigenvalue weighted by Gasteiger charge is -2.05. The Morgan fingerprint density at radius 3 is 2.94 bits per heavy atom. The smallest absolute Gasteiger partial charge is 0.330 e. The molecule has 0 aliphatic carbocycles. The van der Waals surface area contributed by atoms with Crippen LogP contribution in [0.1, 0.15) is 25.3 Å². The van der Waals surface area contributed by atoms with E-state index >= 15 is 0 Å². The Morgan fingerprint density at radius 1 is 1.50 bits per heavy atom. The molecule has 0 bridgehead atoms. The number of nitrogen functional groups attached to an aromatic ring is 1. The van der Waals surface area contributed by atoms with Crippen LogP contribution in [0, 0.1) is 0 Å². The minimum absolute atomic E-state index is 0.314. The second-order valence-electron chi connectivity index (χ2n) is 3.95. The third kappa shape index (κ3) is 4.49. The zero-order valence-corrected chi connectivity index (χ0v) is 10.9. The average molecular weight is 248 g/mol. The summed E-state index contributed by atoms with van der Waals surface area (Å²) < 4.78 is 5.02. The molecule has 0 saturated carbocycles. The summed E-state index contributed by atoms with van der Waals surface area (Å²) in [6.45, 7) is 2.53. The van der Waals surface area contributed by atoms with Crippen LogP contribution in [0.4, 0.5) is 11.4 Å². The highest BCUT2D eigenvalue weighted by Crippen LogP contribution is 2.19. The van der Waals surface area contributed by atoms with Gasteiger partial charge in [-0.3, -0.25) is 0 Å². The Bertz CT molecular complexity index is 428. The zero-order valence-electron chi connectivity index (χ0n) is 10.9. The van der Waals surface area contributed by atoms with E-state index in [-0.39, 0.29) is 5.97 Å². The molecular formula is C14H20N2O2. The number of rotatable bonds is 6. The van der Waals surface area contributed by atoms with E-state index in [1.54, 1.807) is 19.2 Å². The number of unbranched alkanes of at least 4 members (excludes halogenated alkanes) is 1. The van der Waals surface area contributed by atoms with Crippen molar-refractivity contribution in [3.8, 4) is 0 Å². The standard InChI is InChI=1S/C14H20N2O2/c1-3-4-9-18-14(17)8-6-11-5-7-12(15)13(10-11)16-2/h5-8,10,16H,3-4,9,15H2,1-2H3. The van der Waals surface area contributed by atoms with Gasteiger partial charge in [0.05, 0.1) is 18.0 Å². The number of ether oxygens (including phenoxy) is 1. The van der Waals surface area contributed by atoms with Crippen LogP contribution >= 0.6 is 0 Å². The number of nitrogens with two attached hydrogens (primary N) is 1. The SMILES string of the molecule is CCCCOC(=O)C=Cc1ccc(N)c(NC)c1. The van der Waals surface area contributed by atoms with Crippen LogP contribution in [-0.2, 0) is 9.53 Å². The summed E-state index contributed by atoms with van der Waals surface area (Å²) in [5.41, 5.74) is 8.19. The predicted octanol–water partition coefficient (Wildman–Crippen LogP) is 2.67. The number of hydrogen-bond acceptors (Lipinski definition) is 4. The normalized spacial score (nSPS) is 10.6. The Balaban J connectivity index is 2.58. The van der Waals surface area contributed by atoms with Crippen LogP contribution in [0.25, 0.3) is 6.08 Å². The van der Waals surface area contributed by atoms with Gasteiger partial charge in [-0.05, 0) is 30.2 Å². The first-order valence-corrected chi connectivity index (χ1v) is 6.09. The van der Waals surface area contributed by atoms with Crippen LogP contribution in [-0.4, -0.2) is 19.6 Å². The Kier molecular flexibility index (Phi) is 5.77. The number of hydrogen-bond donors (Lipinski definition) is 2. The summed E-state index contributed by atoms with van der Waals surface area (Å²) in [5.74, 6) is -0.314. The second kappa shape index (κ2) is 7.37. The number of carbonyl (C=O) groups is 1. The van der Waals surface area contributed by atoms with Crippen molar-refractivity contribution < 1.29 is 9.53 Å². The van der Waals surface area contributed by atoms with Crippen LogP contribution in [0.5, 0.6) is 0 Å². The number of esters is 1. The molecule has 1 aromatic rings. The lowest BCUT2D eigenvalue weighted by molar-refractivity contribution is -0.137. The quantitative estimate of drug-likeness (QED) is 0.351. The van der Waals surface area contributed by atoms with Crippen molar-refractivity contribution in [2.24, 2.45) is 0 Å². The summed E-state index contributed by atoms with van der Waals surface area (Å²) >= 11 is 0. The third-order valence-electron chi connectivity index (χ3n) is 2.50. The molecule has 0 aliphatic rings. The first-order chi connectivity index (χ1) is 8.67. The predicted molar refractivity (Wildman–Crippen MR) is 75.3 cm³/mol. The van der Waals surface area contributed by atoms with E-state index in [1.807, 2.05) is 12.1 Å². The molecule has 3 N–H and O–H groups in total. The number of nitrogens with one attached hydrogen (secondary N) is 1. The van der Waals surface area contributed by atoms with Gasteiger partial charge in [-0.2, -0.15) is 0 Å². The molecule has 4 nitrogen and oxygen atoms in total. The molecule has 0 spiro atoms. The van der Waals surface area contributed by atoms with E-state index in [0.717, 1.165) is 24.1 Å². The van der Waals surface area contributed by atoms with E-state index < -0.39 is 0 Å². The molecule has 0 saturated heterocycles. The third-order valence-corrected chi connectivity index (χ3v) is 2.50. The van der Waals surface area contributed by atoms with Crippen LogP contribution < -0.4 is 11.1 Å². The maximum Gasteiger partial charge on any atom is 0.330 e. The minimum atomic E-state index is -0.314. The van der Waals surface area contributed by atoms with Gasteiger partial charge in [0.15, 0.2) is 0 Å². The fourth-order valence-corrected chi connectivity index (χ4v) is 1.42. The van der Waals surface area contributed by atoms with Gasteiger partial charge in [0, 0.05) is 13.1 Å². The molecule has 4 heteroatoms. The molecule has 0 heterocycles. The van der Waals surface area contributed by atoms with Crippen molar-refractivity contribution in [3.05, 3.63) is 29.8 Å². The lowest BCUT2D eigenvalue weighted by atomic mass is 10.1. The molecule has 0 aliphatic heterocycles. The minimum Gasteiger partial charge on any atom is -0.463 e. The van der Waals surface area contributed by atoms with E-state index in [4.69, 9.17) is 10.5 Å². The summed E-state index contributed by atoms with van der Waals surface area (Å²) in [5, 5.41) is 2.99. The largest absolute Gasteiger partial charge is 0.463 e. The summed E-state index contributed by atoms with van der Waals surface area (Å²) in [6, 6.07) is 5.53. The van der Waals surface area contributed by atoms with Crippen LogP contribution in [0.15, 0.2) is 24.3 Å². The Hall–Kier alpha value is -1.97. The summed E-state index contributed by atoms with van der Waals surface area (Å²) in [4.78, 5) is 11.4. The van der Waals surface area contributed by atoms with E-state index in [0.29, 0.717) is 12.3 Å². The van der Waals surface area contributed by atoms with Crippen molar-refractivity contribution in [2.45, 2.75) is 19.8 Å². The molecule has 0 amide bonds. The first kappa shape index (κ1) is 14.1. The van der Waals surface area contributed by atoms with Crippen molar-refractivity contribution >= 4 is 23.4 Å². The van der Waals surface area contributed by atoms with Crippen LogP contribution in [0.3, 0.4) is 0 Å². The Labute approximate surface area is 108 Å². The highest BCUT2D eigenvalue weighted by Gasteiger charge is 1.99. The van der Waals surface area contributed by atoms with Gasteiger partial charge in [-0.25, -0.2) is 4.79 Å². The van der Waals surface area contributed by atoms with Crippen molar-refractivity contribution in [3.63, 3.8) is 0 Å². The topological polar surface area (TPSA) is 64.3 Å². The van der Waals surface area contributed by atoms with E-state index in [9.17, 15) is 4.79 Å². The fourth-order valence-electron chi connectivity index (χ4n) is 1.42. The molecule has 1 rings (SSSR count). The molecule has 18 heavy (non-hydrogen) atoms. The number of carbonyl (C=O) groups excluding carboxylic acids is 1. The number of anilines is 2. The first-order valence-electron chi connectivity index (χ1n) is 6.09. The van der Waals surface area contributed by atoms with Gasteiger partial charge in [0.25, 0.3) is 0 Å². The molecule has 0 unspecified atom stereocenters. The van der Waals surface area contributed by atoms with E-state index in [2.05, 4.69) is 12.2 Å². The van der Waals surface area contributed by atoms with Gasteiger partial charge >= 0.3 is 5.97 Å². The van der Waals surface area contributed by atoms with E-state index in [1.165, 1.54) is 6.08 Å². The molecule has 98 valence electrons. The molecule has 0 aromatic heterocycles. The Morgan fingerprint density at radius 2 is 2.28 bits per heavy atom. The van der Waals surface area contributed by atoms with Gasteiger partial charge in [0.2, 0.25) is 0 Å². The van der Waals surface area contributed by atoms with Crippen molar-refractivity contribution in [1.82, 2.24) is 0 Å². The molecule has 0 radical (unpaired) electrons. The van der Waals surface area contributed by atoms with Gasteiger partial charge in [0.1, 0.15) is 0 Å². The number of benzene rings is 1. The van der Waals surface area contributed by atoms with Crippen molar-refractivity contribution in [2.75, 3.05) is 24.7 Å². The molecule has 0 atom stereocenters. The second-order valence-corrected chi connectivity index (χ2v) is 3.95. The highest BCUT2D eigenvalue weighted by molar-refractivity contribution is 5.87. The monoisotopic (exact) mass is 248 g/mol.